The second-order valence-corrected chi connectivity index (χ2v) is 6.56. The lowest BCUT2D eigenvalue weighted by Gasteiger charge is -2.30. The van der Waals surface area contributed by atoms with Gasteiger partial charge in [0.25, 0.3) is 0 Å². The molecular weight excluding hydrogens is 276 g/mol. The van der Waals surface area contributed by atoms with Crippen molar-refractivity contribution in [2.45, 2.75) is 22.5 Å². The minimum Gasteiger partial charge on any atom is -0.381 e. The van der Waals surface area contributed by atoms with Crippen molar-refractivity contribution in [2.24, 2.45) is 0 Å². The van der Waals surface area contributed by atoms with E-state index in [0.29, 0.717) is 6.07 Å². The number of rotatable bonds is 2. The van der Waals surface area contributed by atoms with Gasteiger partial charge in [-0.1, -0.05) is 0 Å². The van der Waals surface area contributed by atoms with Gasteiger partial charge in [-0.25, -0.2) is 17.2 Å². The molecule has 1 heterocycles. The van der Waals surface area contributed by atoms with Crippen molar-refractivity contribution in [1.82, 2.24) is 0 Å². The highest BCUT2D eigenvalue weighted by atomic mass is 32.2. The largest absolute Gasteiger partial charge is 0.381 e. The molecule has 1 fully saturated rings. The Morgan fingerprint density at radius 3 is 2.37 bits per heavy atom. The van der Waals surface area contributed by atoms with Crippen LogP contribution in [0.1, 0.15) is 12.8 Å². The van der Waals surface area contributed by atoms with Gasteiger partial charge in [-0.2, -0.15) is 5.26 Å². The topological polar surface area (TPSA) is 67.2 Å². The van der Waals surface area contributed by atoms with Crippen LogP contribution in [-0.4, -0.2) is 26.4 Å². The molecule has 0 amide bonds. The van der Waals surface area contributed by atoms with Gasteiger partial charge in [0.1, 0.15) is 0 Å². The van der Waals surface area contributed by atoms with E-state index in [2.05, 4.69) is 0 Å². The third-order valence-electron chi connectivity index (χ3n) is 3.22. The maximum atomic E-state index is 13.2. The van der Waals surface area contributed by atoms with Crippen molar-refractivity contribution >= 4 is 9.84 Å². The summed E-state index contributed by atoms with van der Waals surface area (Å²) in [4.78, 5) is -0.380. The number of hydrogen-bond acceptors (Lipinski definition) is 4. The lowest BCUT2D eigenvalue weighted by molar-refractivity contribution is 0.0863. The quantitative estimate of drug-likeness (QED) is 0.778. The molecule has 0 radical (unpaired) electrons. The highest BCUT2D eigenvalue weighted by molar-refractivity contribution is 7.93. The summed E-state index contributed by atoms with van der Waals surface area (Å²) in [6.45, 7) is 0.299. The Morgan fingerprint density at radius 2 is 1.84 bits per heavy atom. The molecule has 0 aliphatic carbocycles. The van der Waals surface area contributed by atoms with Gasteiger partial charge in [-0.15, -0.1) is 0 Å². The molecule has 0 spiro atoms. The number of nitrogens with zero attached hydrogens (tertiary/aromatic N) is 1. The fourth-order valence-corrected chi connectivity index (χ4v) is 3.79. The summed E-state index contributed by atoms with van der Waals surface area (Å²) in [5.74, 6) is -2.38. The SMILES string of the molecule is N#CC1(S(=O)(=O)c2ccc(F)c(F)c2)CCOCC1. The number of hydrogen-bond donors (Lipinski definition) is 0. The molecule has 0 N–H and O–H groups in total. The number of sulfone groups is 1. The first-order valence-electron chi connectivity index (χ1n) is 5.62. The summed E-state index contributed by atoms with van der Waals surface area (Å²) in [6, 6.07) is 4.13. The van der Waals surface area contributed by atoms with Crippen molar-refractivity contribution in [3.63, 3.8) is 0 Å². The minimum atomic E-state index is -4.06. The maximum absolute atomic E-state index is 13.2. The zero-order valence-corrected chi connectivity index (χ0v) is 10.7. The second-order valence-electron chi connectivity index (χ2n) is 4.30. The van der Waals surface area contributed by atoms with E-state index >= 15 is 0 Å². The third-order valence-corrected chi connectivity index (χ3v) is 5.62. The van der Waals surface area contributed by atoms with Crippen LogP contribution in [0.3, 0.4) is 0 Å². The summed E-state index contributed by atoms with van der Waals surface area (Å²) in [7, 11) is -4.06. The van der Waals surface area contributed by atoms with Crippen LogP contribution >= 0.6 is 0 Å². The van der Waals surface area contributed by atoms with Gasteiger partial charge in [0.05, 0.1) is 11.0 Å². The molecule has 4 nitrogen and oxygen atoms in total. The number of ether oxygens (including phenoxy) is 1. The maximum Gasteiger partial charge on any atom is 0.197 e. The molecule has 7 heteroatoms. The summed E-state index contributed by atoms with van der Waals surface area (Å²) in [6.07, 6.45) is 0.0374. The van der Waals surface area contributed by atoms with Gasteiger partial charge in [-0.3, -0.25) is 0 Å². The number of benzene rings is 1. The van der Waals surface area contributed by atoms with Gasteiger partial charge in [-0.05, 0) is 18.2 Å². The number of nitriles is 1. The predicted molar refractivity (Wildman–Crippen MR) is 61.9 cm³/mol. The van der Waals surface area contributed by atoms with Crippen LogP contribution in [0.5, 0.6) is 0 Å². The molecule has 1 aromatic rings. The molecular formula is C12H11F2NO3S. The number of halogens is 2. The molecule has 1 aromatic carbocycles. The summed E-state index contributed by atoms with van der Waals surface area (Å²) in [5.41, 5.74) is 0. The van der Waals surface area contributed by atoms with E-state index in [1.54, 1.807) is 6.07 Å². The van der Waals surface area contributed by atoms with E-state index < -0.39 is 26.2 Å². The van der Waals surface area contributed by atoms with Crippen LogP contribution in [0, 0.1) is 23.0 Å². The van der Waals surface area contributed by atoms with Crippen LogP contribution in [-0.2, 0) is 14.6 Å². The van der Waals surface area contributed by atoms with Crippen molar-refractivity contribution < 1.29 is 21.9 Å². The Morgan fingerprint density at radius 1 is 1.21 bits per heavy atom. The van der Waals surface area contributed by atoms with Crippen LogP contribution in [0.2, 0.25) is 0 Å². The zero-order valence-electron chi connectivity index (χ0n) is 9.90. The second kappa shape index (κ2) is 4.87. The monoisotopic (exact) mass is 287 g/mol. The summed E-state index contributed by atoms with van der Waals surface area (Å²) in [5, 5.41) is 9.21. The standard InChI is InChI=1S/C12H11F2NO3S/c13-10-2-1-9(7-11(10)14)19(16,17)12(8-15)3-5-18-6-4-12/h1-2,7H,3-6H2. The smallest absolute Gasteiger partial charge is 0.197 e. The van der Waals surface area contributed by atoms with Crippen LogP contribution in [0.25, 0.3) is 0 Å². The summed E-state index contributed by atoms with van der Waals surface area (Å²) >= 11 is 0. The Hall–Kier alpha value is -1.52. The molecule has 1 aliphatic rings. The van der Waals surface area contributed by atoms with E-state index in [9.17, 15) is 22.5 Å². The Balaban J connectivity index is 2.52. The molecule has 1 aliphatic heterocycles. The van der Waals surface area contributed by atoms with E-state index in [1.165, 1.54) is 0 Å². The van der Waals surface area contributed by atoms with Gasteiger partial charge in [0.2, 0.25) is 0 Å². The molecule has 2 rings (SSSR count). The Labute approximate surface area is 109 Å². The van der Waals surface area contributed by atoms with Crippen LogP contribution in [0.4, 0.5) is 8.78 Å². The highest BCUT2D eigenvalue weighted by Gasteiger charge is 2.46. The van der Waals surface area contributed by atoms with E-state index in [-0.39, 0.29) is 31.0 Å². The zero-order chi connectivity index (χ0) is 14.1. The molecule has 0 atom stereocenters. The van der Waals surface area contributed by atoms with Gasteiger partial charge in [0, 0.05) is 26.1 Å². The fraction of sp³-hybridized carbons (Fsp3) is 0.417. The average Bonchev–Trinajstić information content (AvgIpc) is 2.42. The minimum absolute atomic E-state index is 0.0187. The highest BCUT2D eigenvalue weighted by Crippen LogP contribution is 2.34. The van der Waals surface area contributed by atoms with Crippen molar-refractivity contribution in [3.8, 4) is 6.07 Å². The lowest BCUT2D eigenvalue weighted by Crippen LogP contribution is -2.42. The average molecular weight is 287 g/mol. The van der Waals surface area contributed by atoms with E-state index in [1.807, 2.05) is 0 Å². The molecule has 0 unspecified atom stereocenters. The summed E-state index contributed by atoms with van der Waals surface area (Å²) < 4.78 is 54.3. The molecule has 0 aromatic heterocycles. The van der Waals surface area contributed by atoms with Crippen LogP contribution < -0.4 is 0 Å². The molecule has 19 heavy (non-hydrogen) atoms. The first-order valence-corrected chi connectivity index (χ1v) is 7.10. The first kappa shape index (κ1) is 13.9. The molecule has 0 saturated carbocycles. The van der Waals surface area contributed by atoms with Gasteiger partial charge >= 0.3 is 0 Å². The third kappa shape index (κ3) is 2.22. The van der Waals surface area contributed by atoms with Crippen molar-refractivity contribution in [1.29, 1.82) is 5.26 Å². The Bertz CT molecular complexity index is 631. The van der Waals surface area contributed by atoms with Gasteiger partial charge < -0.3 is 4.74 Å². The molecule has 1 saturated heterocycles. The fourth-order valence-electron chi connectivity index (χ4n) is 2.01. The van der Waals surface area contributed by atoms with Gasteiger partial charge in [0.15, 0.2) is 26.2 Å². The normalized spacial score (nSPS) is 18.8. The molecule has 102 valence electrons. The predicted octanol–water partition coefficient (Wildman–Crippen LogP) is 1.81. The van der Waals surface area contributed by atoms with Crippen molar-refractivity contribution in [2.75, 3.05) is 13.2 Å². The molecule has 0 bridgehead atoms. The van der Waals surface area contributed by atoms with E-state index in [4.69, 9.17) is 4.74 Å². The Kier molecular flexibility index (Phi) is 3.56. The first-order chi connectivity index (χ1) is 8.93. The van der Waals surface area contributed by atoms with Crippen LogP contribution in [0.15, 0.2) is 23.1 Å². The van der Waals surface area contributed by atoms with E-state index in [0.717, 1.165) is 12.1 Å². The van der Waals surface area contributed by atoms with Crippen molar-refractivity contribution in [3.05, 3.63) is 29.8 Å². The lowest BCUT2D eigenvalue weighted by atomic mass is 10.0.